The van der Waals surface area contributed by atoms with Crippen molar-refractivity contribution in [1.82, 2.24) is 4.98 Å². The van der Waals surface area contributed by atoms with Crippen molar-refractivity contribution in [3.63, 3.8) is 0 Å². The lowest BCUT2D eigenvalue weighted by Crippen LogP contribution is -1.97. The minimum absolute atomic E-state index is 0.109. The van der Waals surface area contributed by atoms with Crippen LogP contribution in [0.1, 0.15) is 5.56 Å². The van der Waals surface area contributed by atoms with Gasteiger partial charge in [-0.15, -0.1) is 0 Å². The van der Waals surface area contributed by atoms with E-state index >= 15 is 0 Å². The molecule has 0 saturated heterocycles. The average Bonchev–Trinajstić information content (AvgIpc) is 2.38. The van der Waals surface area contributed by atoms with Crippen LogP contribution in [0.5, 0.6) is 11.6 Å². The Labute approximate surface area is 111 Å². The number of benzene rings is 1. The first-order valence-corrected chi connectivity index (χ1v) is 7.42. The first-order chi connectivity index (χ1) is 8.99. The predicted molar refractivity (Wildman–Crippen MR) is 69.8 cm³/mol. The molecule has 0 aliphatic heterocycles. The van der Waals surface area contributed by atoms with Crippen molar-refractivity contribution in [2.24, 2.45) is 0 Å². The van der Waals surface area contributed by atoms with Crippen LogP contribution in [0.2, 0.25) is 0 Å². The van der Waals surface area contributed by atoms with E-state index in [1.54, 1.807) is 24.3 Å². The number of aliphatic hydroxyl groups excluding tert-OH is 1. The van der Waals surface area contributed by atoms with Crippen molar-refractivity contribution < 1.29 is 18.3 Å². The monoisotopic (exact) mass is 279 g/mol. The molecule has 0 unspecified atom stereocenters. The number of sulfone groups is 1. The van der Waals surface area contributed by atoms with Crippen molar-refractivity contribution in [3.8, 4) is 11.6 Å². The van der Waals surface area contributed by atoms with Gasteiger partial charge >= 0.3 is 0 Å². The third kappa shape index (κ3) is 3.52. The number of rotatable bonds is 4. The van der Waals surface area contributed by atoms with Gasteiger partial charge in [-0.1, -0.05) is 6.07 Å². The molecule has 100 valence electrons. The summed E-state index contributed by atoms with van der Waals surface area (Å²) >= 11 is 0. The van der Waals surface area contributed by atoms with Crippen LogP contribution < -0.4 is 4.74 Å². The highest BCUT2D eigenvalue weighted by atomic mass is 32.2. The van der Waals surface area contributed by atoms with Crippen molar-refractivity contribution >= 4 is 9.84 Å². The molecular weight excluding hydrogens is 266 g/mol. The normalized spacial score (nSPS) is 11.3. The van der Waals surface area contributed by atoms with E-state index < -0.39 is 9.84 Å². The minimum atomic E-state index is -3.27. The van der Waals surface area contributed by atoms with Crippen LogP contribution in [0, 0.1) is 0 Å². The molecule has 19 heavy (non-hydrogen) atoms. The smallest absolute Gasteiger partial charge is 0.219 e. The standard InChI is InChI=1S/C13H13NO4S/c1-19(16,17)12-4-2-3-11(8-12)18-13-7-10(9-15)5-6-14-13/h2-8,15H,9H2,1H3. The molecule has 0 fully saturated rings. The molecule has 1 aromatic heterocycles. The number of hydrogen-bond acceptors (Lipinski definition) is 5. The van der Waals surface area contributed by atoms with E-state index in [2.05, 4.69) is 4.98 Å². The van der Waals surface area contributed by atoms with E-state index in [1.165, 1.54) is 18.3 Å². The summed E-state index contributed by atoms with van der Waals surface area (Å²) in [6.07, 6.45) is 2.65. The van der Waals surface area contributed by atoms with Crippen LogP contribution in [0.4, 0.5) is 0 Å². The van der Waals surface area contributed by atoms with Gasteiger partial charge in [0.15, 0.2) is 9.84 Å². The summed E-state index contributed by atoms with van der Waals surface area (Å²) in [6, 6.07) is 9.43. The second-order valence-electron chi connectivity index (χ2n) is 4.01. The van der Waals surface area contributed by atoms with Crippen molar-refractivity contribution in [2.45, 2.75) is 11.5 Å². The maximum atomic E-state index is 11.4. The lowest BCUT2D eigenvalue weighted by Gasteiger charge is -2.07. The molecule has 0 aliphatic carbocycles. The molecule has 0 aliphatic rings. The first-order valence-electron chi connectivity index (χ1n) is 5.53. The Morgan fingerprint density at radius 2 is 2.05 bits per heavy atom. The third-order valence-electron chi connectivity index (χ3n) is 2.44. The second-order valence-corrected chi connectivity index (χ2v) is 6.03. The van der Waals surface area contributed by atoms with Crippen LogP contribution in [-0.2, 0) is 16.4 Å². The van der Waals surface area contributed by atoms with Crippen molar-refractivity contribution in [1.29, 1.82) is 0 Å². The Morgan fingerprint density at radius 3 is 2.74 bits per heavy atom. The van der Waals surface area contributed by atoms with Crippen LogP contribution in [0.3, 0.4) is 0 Å². The van der Waals surface area contributed by atoms with Gasteiger partial charge in [-0.25, -0.2) is 13.4 Å². The fraction of sp³-hybridized carbons (Fsp3) is 0.154. The molecular formula is C13H13NO4S. The molecule has 1 N–H and O–H groups in total. The molecule has 6 heteroatoms. The predicted octanol–water partition coefficient (Wildman–Crippen LogP) is 1.77. The minimum Gasteiger partial charge on any atom is -0.439 e. The lowest BCUT2D eigenvalue weighted by molar-refractivity contribution is 0.281. The number of pyridine rings is 1. The summed E-state index contributed by atoms with van der Waals surface area (Å²) in [5.41, 5.74) is 0.671. The largest absolute Gasteiger partial charge is 0.439 e. The first kappa shape index (κ1) is 13.5. The maximum Gasteiger partial charge on any atom is 0.219 e. The number of ether oxygens (including phenoxy) is 1. The fourth-order valence-electron chi connectivity index (χ4n) is 1.49. The van der Waals surface area contributed by atoms with Gasteiger partial charge in [0, 0.05) is 18.5 Å². The summed E-state index contributed by atoms with van der Waals surface area (Å²) in [7, 11) is -3.27. The van der Waals surface area contributed by atoms with Gasteiger partial charge in [0.2, 0.25) is 5.88 Å². The van der Waals surface area contributed by atoms with Gasteiger partial charge in [-0.3, -0.25) is 0 Å². The summed E-state index contributed by atoms with van der Waals surface area (Å²) in [4.78, 5) is 4.18. The second kappa shape index (κ2) is 5.38. The molecule has 2 aromatic rings. The Hall–Kier alpha value is -1.92. The Kier molecular flexibility index (Phi) is 3.82. The molecule has 0 bridgehead atoms. The highest BCUT2D eigenvalue weighted by Crippen LogP contribution is 2.23. The van der Waals surface area contributed by atoms with Gasteiger partial charge in [0.1, 0.15) is 5.75 Å². The molecule has 0 saturated carbocycles. The van der Waals surface area contributed by atoms with E-state index in [4.69, 9.17) is 9.84 Å². The zero-order valence-electron chi connectivity index (χ0n) is 10.3. The van der Waals surface area contributed by atoms with Gasteiger partial charge < -0.3 is 9.84 Å². The van der Waals surface area contributed by atoms with Gasteiger partial charge in [0.05, 0.1) is 11.5 Å². The SMILES string of the molecule is CS(=O)(=O)c1cccc(Oc2cc(CO)ccn2)c1. The van der Waals surface area contributed by atoms with Gasteiger partial charge in [-0.2, -0.15) is 0 Å². The Morgan fingerprint density at radius 1 is 1.26 bits per heavy atom. The molecule has 0 radical (unpaired) electrons. The molecule has 5 nitrogen and oxygen atoms in total. The number of nitrogens with zero attached hydrogens (tertiary/aromatic N) is 1. The molecule has 1 aromatic carbocycles. The fourth-order valence-corrected chi connectivity index (χ4v) is 2.15. The number of aromatic nitrogens is 1. The Bertz CT molecular complexity index is 683. The molecule has 1 heterocycles. The third-order valence-corrected chi connectivity index (χ3v) is 3.55. The maximum absolute atomic E-state index is 11.4. The summed E-state index contributed by atoms with van der Waals surface area (Å²) in [5, 5.41) is 9.02. The molecule has 0 atom stereocenters. The van der Waals surface area contributed by atoms with Crippen molar-refractivity contribution in [2.75, 3.05) is 6.26 Å². The number of hydrogen-bond donors (Lipinski definition) is 1. The quantitative estimate of drug-likeness (QED) is 0.923. The van der Waals surface area contributed by atoms with E-state index in [0.29, 0.717) is 17.2 Å². The molecule has 0 amide bonds. The average molecular weight is 279 g/mol. The van der Waals surface area contributed by atoms with Crippen LogP contribution in [0.25, 0.3) is 0 Å². The van der Waals surface area contributed by atoms with Crippen molar-refractivity contribution in [3.05, 3.63) is 48.2 Å². The van der Waals surface area contributed by atoms with Crippen LogP contribution in [0.15, 0.2) is 47.5 Å². The topological polar surface area (TPSA) is 76.5 Å². The molecule has 2 rings (SSSR count). The van der Waals surface area contributed by atoms with E-state index in [1.807, 2.05) is 0 Å². The van der Waals surface area contributed by atoms with Gasteiger partial charge in [0.25, 0.3) is 0 Å². The van der Waals surface area contributed by atoms with E-state index in [-0.39, 0.29) is 11.5 Å². The van der Waals surface area contributed by atoms with E-state index in [0.717, 1.165) is 6.26 Å². The molecule has 0 spiro atoms. The summed E-state index contributed by atoms with van der Waals surface area (Å²) in [6.45, 7) is -0.109. The van der Waals surface area contributed by atoms with Gasteiger partial charge in [-0.05, 0) is 29.8 Å². The highest BCUT2D eigenvalue weighted by Gasteiger charge is 2.08. The number of aliphatic hydroxyl groups is 1. The van der Waals surface area contributed by atoms with Crippen LogP contribution in [-0.4, -0.2) is 24.8 Å². The highest BCUT2D eigenvalue weighted by molar-refractivity contribution is 7.90. The summed E-state index contributed by atoms with van der Waals surface area (Å²) < 4.78 is 28.3. The zero-order valence-corrected chi connectivity index (χ0v) is 11.1. The Balaban J connectivity index is 2.28. The van der Waals surface area contributed by atoms with E-state index in [9.17, 15) is 8.42 Å². The zero-order chi connectivity index (χ0) is 13.9. The summed E-state index contributed by atoms with van der Waals surface area (Å²) in [5.74, 6) is 0.683. The van der Waals surface area contributed by atoms with Crippen LogP contribution >= 0.6 is 0 Å². The lowest BCUT2D eigenvalue weighted by atomic mass is 10.3.